The van der Waals surface area contributed by atoms with E-state index < -0.39 is 0 Å². The zero-order chi connectivity index (χ0) is 14.7. The Morgan fingerprint density at radius 3 is 2.70 bits per heavy atom. The quantitative estimate of drug-likeness (QED) is 0.897. The van der Waals surface area contributed by atoms with Gasteiger partial charge in [-0.3, -0.25) is 0 Å². The predicted octanol–water partition coefficient (Wildman–Crippen LogP) is 4.06. The lowest BCUT2D eigenvalue weighted by atomic mass is 10.1. The molecule has 1 N–H and O–H groups in total. The number of ether oxygens (including phenoxy) is 1. The van der Waals surface area contributed by atoms with E-state index in [1.54, 1.807) is 7.11 Å². The Balaban J connectivity index is 2.58. The molecule has 6 heteroatoms. The van der Waals surface area contributed by atoms with Crippen LogP contribution < -0.4 is 5.32 Å². The number of hydrogen-bond donors (Lipinski definition) is 1. The van der Waals surface area contributed by atoms with Gasteiger partial charge in [-0.2, -0.15) is 0 Å². The number of nitrogens with zero attached hydrogens (tertiary/aromatic N) is 2. The minimum atomic E-state index is 0.414. The first-order valence-corrected chi connectivity index (χ1v) is 7.23. The molecule has 4 nitrogen and oxygen atoms in total. The van der Waals surface area contributed by atoms with Crippen molar-refractivity contribution in [1.82, 2.24) is 9.97 Å². The monoisotopic (exact) mass is 355 g/mol. The molecule has 0 radical (unpaired) electrons. The Morgan fingerprint density at radius 1 is 1.35 bits per heavy atom. The van der Waals surface area contributed by atoms with E-state index >= 15 is 0 Å². The second-order valence-electron chi connectivity index (χ2n) is 4.30. The molecule has 1 aromatic carbocycles. The summed E-state index contributed by atoms with van der Waals surface area (Å²) in [5.41, 5.74) is 2.79. The predicted molar refractivity (Wildman–Crippen MR) is 85.2 cm³/mol. The summed E-state index contributed by atoms with van der Waals surface area (Å²) in [6.07, 6.45) is 0. The van der Waals surface area contributed by atoms with E-state index in [9.17, 15) is 0 Å². The number of nitrogens with one attached hydrogen (secondary N) is 1. The topological polar surface area (TPSA) is 47.0 Å². The van der Waals surface area contributed by atoms with Crippen molar-refractivity contribution >= 4 is 33.3 Å². The highest BCUT2D eigenvalue weighted by Crippen LogP contribution is 2.29. The van der Waals surface area contributed by atoms with Crippen LogP contribution in [0.25, 0.3) is 11.4 Å². The molecule has 106 valence electrons. The van der Waals surface area contributed by atoms with Crippen molar-refractivity contribution in [2.45, 2.75) is 13.5 Å². The Labute approximate surface area is 131 Å². The maximum atomic E-state index is 5.99. The van der Waals surface area contributed by atoms with E-state index in [1.807, 2.05) is 32.2 Å². The molecule has 0 saturated carbocycles. The zero-order valence-electron chi connectivity index (χ0n) is 11.5. The highest BCUT2D eigenvalue weighted by molar-refractivity contribution is 9.10. The van der Waals surface area contributed by atoms with E-state index in [0.29, 0.717) is 17.5 Å². The summed E-state index contributed by atoms with van der Waals surface area (Å²) in [5.74, 6) is 1.38. The largest absolute Gasteiger partial charge is 0.378 e. The van der Waals surface area contributed by atoms with Gasteiger partial charge in [0.2, 0.25) is 0 Å². The third kappa shape index (κ3) is 3.11. The molecule has 0 aliphatic rings. The summed E-state index contributed by atoms with van der Waals surface area (Å²) >= 11 is 9.48. The van der Waals surface area contributed by atoms with Gasteiger partial charge in [0.05, 0.1) is 16.8 Å². The SMILES string of the molecule is CNc1nc(-c2ccc(Cl)cc2C)nc(COC)c1Br. The van der Waals surface area contributed by atoms with Crippen molar-refractivity contribution in [3.63, 3.8) is 0 Å². The van der Waals surface area contributed by atoms with Gasteiger partial charge >= 0.3 is 0 Å². The van der Waals surface area contributed by atoms with Gasteiger partial charge < -0.3 is 10.1 Å². The van der Waals surface area contributed by atoms with Crippen molar-refractivity contribution < 1.29 is 4.74 Å². The van der Waals surface area contributed by atoms with Crippen LogP contribution >= 0.6 is 27.5 Å². The van der Waals surface area contributed by atoms with Crippen LogP contribution in [-0.4, -0.2) is 24.1 Å². The number of halogens is 2. The standard InChI is InChI=1S/C14H15BrClN3O/c1-8-6-9(16)4-5-10(8)13-18-11(7-20-3)12(15)14(17-2)19-13/h4-6H,7H2,1-3H3,(H,17,18,19). The molecule has 20 heavy (non-hydrogen) atoms. The number of anilines is 1. The maximum absolute atomic E-state index is 5.99. The molecule has 0 atom stereocenters. The number of hydrogen-bond acceptors (Lipinski definition) is 4. The van der Waals surface area contributed by atoms with E-state index in [4.69, 9.17) is 16.3 Å². The van der Waals surface area contributed by atoms with Crippen molar-refractivity contribution in [3.8, 4) is 11.4 Å². The Bertz CT molecular complexity index is 634. The summed E-state index contributed by atoms with van der Waals surface area (Å²) in [6.45, 7) is 2.40. The lowest BCUT2D eigenvalue weighted by Gasteiger charge is -2.12. The molecule has 0 amide bonds. The minimum absolute atomic E-state index is 0.414. The number of rotatable bonds is 4. The second kappa shape index (κ2) is 6.52. The third-order valence-corrected chi connectivity index (χ3v) is 3.94. The van der Waals surface area contributed by atoms with Crippen LogP contribution in [0.1, 0.15) is 11.3 Å². The van der Waals surface area contributed by atoms with Gasteiger partial charge in [0.25, 0.3) is 0 Å². The van der Waals surface area contributed by atoms with E-state index in [1.165, 1.54) is 0 Å². The average molecular weight is 357 g/mol. The van der Waals surface area contributed by atoms with Gasteiger partial charge in [0, 0.05) is 24.7 Å². The summed E-state index contributed by atoms with van der Waals surface area (Å²) in [4.78, 5) is 9.09. The maximum Gasteiger partial charge on any atom is 0.162 e. The van der Waals surface area contributed by atoms with Gasteiger partial charge in [0.15, 0.2) is 5.82 Å². The molecular weight excluding hydrogens is 342 g/mol. The highest BCUT2D eigenvalue weighted by Gasteiger charge is 2.14. The summed E-state index contributed by atoms with van der Waals surface area (Å²) in [6, 6.07) is 5.67. The minimum Gasteiger partial charge on any atom is -0.378 e. The van der Waals surface area contributed by atoms with Gasteiger partial charge in [-0.1, -0.05) is 11.6 Å². The fraction of sp³-hybridized carbons (Fsp3) is 0.286. The first-order chi connectivity index (χ1) is 9.56. The number of methoxy groups -OCH3 is 1. The lowest BCUT2D eigenvalue weighted by molar-refractivity contribution is 0.181. The molecule has 0 aliphatic carbocycles. The summed E-state index contributed by atoms with van der Waals surface area (Å²) < 4.78 is 6.00. The van der Waals surface area contributed by atoms with Crippen molar-refractivity contribution in [3.05, 3.63) is 39.0 Å². The fourth-order valence-electron chi connectivity index (χ4n) is 1.89. The van der Waals surface area contributed by atoms with Crippen molar-refractivity contribution in [2.75, 3.05) is 19.5 Å². The van der Waals surface area contributed by atoms with Crippen LogP contribution in [0, 0.1) is 6.92 Å². The Hall–Kier alpha value is -1.17. The number of aryl methyl sites for hydroxylation is 1. The van der Waals surface area contributed by atoms with Crippen LogP contribution in [0.15, 0.2) is 22.7 Å². The molecule has 0 aliphatic heterocycles. The average Bonchev–Trinajstić information content (AvgIpc) is 2.41. The molecule has 0 bridgehead atoms. The van der Waals surface area contributed by atoms with E-state index in [2.05, 4.69) is 31.2 Å². The Morgan fingerprint density at radius 2 is 2.10 bits per heavy atom. The molecule has 0 fully saturated rings. The van der Waals surface area contributed by atoms with Crippen LogP contribution in [0.2, 0.25) is 5.02 Å². The van der Waals surface area contributed by atoms with Gasteiger partial charge in [-0.25, -0.2) is 9.97 Å². The summed E-state index contributed by atoms with van der Waals surface area (Å²) in [5, 5.41) is 3.76. The number of benzene rings is 1. The lowest BCUT2D eigenvalue weighted by Crippen LogP contribution is -2.04. The zero-order valence-corrected chi connectivity index (χ0v) is 13.8. The van der Waals surface area contributed by atoms with Crippen LogP contribution in [0.3, 0.4) is 0 Å². The van der Waals surface area contributed by atoms with E-state index in [-0.39, 0.29) is 0 Å². The second-order valence-corrected chi connectivity index (χ2v) is 5.53. The van der Waals surface area contributed by atoms with Gasteiger partial charge in [-0.15, -0.1) is 0 Å². The first kappa shape index (κ1) is 15.2. The first-order valence-electron chi connectivity index (χ1n) is 6.06. The van der Waals surface area contributed by atoms with Gasteiger partial charge in [0.1, 0.15) is 5.82 Å². The van der Waals surface area contributed by atoms with Crippen LogP contribution in [0.5, 0.6) is 0 Å². The van der Waals surface area contributed by atoms with Crippen LogP contribution in [0.4, 0.5) is 5.82 Å². The molecule has 0 unspecified atom stereocenters. The third-order valence-electron chi connectivity index (χ3n) is 2.87. The Kier molecular flexibility index (Phi) is 4.96. The molecule has 2 aromatic rings. The molecule has 1 aromatic heterocycles. The molecule has 0 saturated heterocycles. The van der Waals surface area contributed by atoms with Crippen molar-refractivity contribution in [1.29, 1.82) is 0 Å². The van der Waals surface area contributed by atoms with Gasteiger partial charge in [-0.05, 0) is 46.6 Å². The molecular formula is C14H15BrClN3O. The molecule has 1 heterocycles. The summed E-state index contributed by atoms with van der Waals surface area (Å²) in [7, 11) is 3.46. The fourth-order valence-corrected chi connectivity index (χ4v) is 2.61. The normalized spacial score (nSPS) is 10.7. The smallest absolute Gasteiger partial charge is 0.162 e. The van der Waals surface area contributed by atoms with Crippen LogP contribution in [-0.2, 0) is 11.3 Å². The molecule has 0 spiro atoms. The van der Waals surface area contributed by atoms with Crippen molar-refractivity contribution in [2.24, 2.45) is 0 Å². The van der Waals surface area contributed by atoms with E-state index in [0.717, 1.165) is 27.1 Å². The molecule has 2 rings (SSSR count). The number of aromatic nitrogens is 2. The highest BCUT2D eigenvalue weighted by atomic mass is 79.9.